The van der Waals surface area contributed by atoms with Gasteiger partial charge in [-0.1, -0.05) is 40.0 Å². The van der Waals surface area contributed by atoms with Gasteiger partial charge in [0, 0.05) is 70.2 Å². The van der Waals surface area contributed by atoms with Crippen LogP contribution in [0.1, 0.15) is 194 Å². The van der Waals surface area contributed by atoms with Crippen molar-refractivity contribution in [3.05, 3.63) is 68.8 Å². The zero-order valence-corrected chi connectivity index (χ0v) is 39.9. The van der Waals surface area contributed by atoms with Crippen LogP contribution in [0.2, 0.25) is 0 Å². The highest BCUT2D eigenvalue weighted by atomic mass is 16.6. The fraction of sp³-hybridized carbons (Fsp3) is 0.569. The lowest BCUT2D eigenvalue weighted by molar-refractivity contribution is -0.163. The quantitative estimate of drug-likeness (QED) is 0.112. The number of carbonyl (C=O) groups excluding carboxylic acids is 4. The van der Waals surface area contributed by atoms with Crippen molar-refractivity contribution < 1.29 is 33.4 Å². The molecule has 0 spiro atoms. The second kappa shape index (κ2) is 18.9. The molecular formula is C51H69N5O7. The molecule has 1 amide bonds. The number of aromatic nitrogens is 4. The molecule has 3 aromatic rings. The Balaban J connectivity index is 1.49. The van der Waals surface area contributed by atoms with Gasteiger partial charge in [-0.25, -0.2) is 4.98 Å². The molecule has 5 heterocycles. The van der Waals surface area contributed by atoms with Gasteiger partial charge in [0.1, 0.15) is 24.3 Å². The van der Waals surface area contributed by atoms with Crippen LogP contribution in [0.4, 0.5) is 0 Å². The SMILES string of the molecule is CCCCCCOC(C)c1c(C)c2cc3nc(c4c5[nH]c(cc6nc(cc1[nH]2)C(C)=C6CC)c(C)c5C(=O)C4)[C@@H](CCC(=O)N(CC(=O)OC(C)(C)C)CC(=O)OC(C)(C)C)C3C. The van der Waals surface area contributed by atoms with Gasteiger partial charge in [-0.2, -0.15) is 0 Å². The minimum absolute atomic E-state index is 0.0194. The number of hydrogen-bond acceptors (Lipinski definition) is 9. The summed E-state index contributed by atoms with van der Waals surface area (Å²) >= 11 is 0. The molecule has 2 unspecified atom stereocenters. The lowest BCUT2D eigenvalue weighted by Gasteiger charge is -2.27. The van der Waals surface area contributed by atoms with Crippen LogP contribution in [0.15, 0.2) is 18.2 Å². The van der Waals surface area contributed by atoms with Crippen LogP contribution < -0.4 is 0 Å². The number of nitrogens with zero attached hydrogens (tertiary/aromatic N) is 3. The Bertz CT molecular complexity index is 2450. The van der Waals surface area contributed by atoms with Crippen LogP contribution in [-0.2, 0) is 35.0 Å². The molecule has 2 aliphatic heterocycles. The molecule has 63 heavy (non-hydrogen) atoms. The highest BCUT2D eigenvalue weighted by molar-refractivity contribution is 6.13. The standard InChI is InChI=1S/C51H69N5O7/c1-14-16-17-18-21-61-32(7)46-30(5)38-23-37-29(4)34(19-20-43(58)56(26-44(59)62-50(8,9)10)27-45(60)63-51(11,12)13)48(54-37)35-22-42(57)47-31(6)39(55-49(35)47)24-40-33(15-2)28(3)36(52-40)25-41(46)53-38/h23-25,29,32,34,53,55H,14-22,26-27H2,1-13H3/t29?,32?,34-/m0/s1. The third-order valence-corrected chi connectivity index (χ3v) is 12.4. The first-order valence-corrected chi connectivity index (χ1v) is 22.9. The summed E-state index contributed by atoms with van der Waals surface area (Å²) in [5, 5.41) is 0. The molecule has 12 heteroatoms. The fourth-order valence-corrected chi connectivity index (χ4v) is 9.29. The van der Waals surface area contributed by atoms with Crippen molar-refractivity contribution in [2.45, 2.75) is 171 Å². The van der Waals surface area contributed by atoms with Crippen molar-refractivity contribution >= 4 is 56.8 Å². The Kier molecular flexibility index (Phi) is 14.2. The molecular weight excluding hydrogens is 795 g/mol. The van der Waals surface area contributed by atoms with Gasteiger partial charge in [0.25, 0.3) is 0 Å². The molecule has 0 radical (unpaired) electrons. The number of carbonyl (C=O) groups is 4. The first kappa shape index (κ1) is 47.4. The van der Waals surface area contributed by atoms with E-state index in [0.29, 0.717) is 18.6 Å². The number of amides is 1. The number of esters is 2. The van der Waals surface area contributed by atoms with Crippen LogP contribution in [-0.4, -0.2) is 79.4 Å². The molecule has 6 rings (SSSR count). The van der Waals surface area contributed by atoms with E-state index < -0.39 is 36.2 Å². The molecule has 12 nitrogen and oxygen atoms in total. The number of fused-ring (bicyclic) bond motifs is 8. The third-order valence-electron chi connectivity index (χ3n) is 12.4. The first-order chi connectivity index (χ1) is 29.6. The van der Waals surface area contributed by atoms with E-state index in [-0.39, 0.29) is 42.5 Å². The molecule has 0 fully saturated rings. The largest absolute Gasteiger partial charge is 0.459 e. The van der Waals surface area contributed by atoms with E-state index in [0.717, 1.165) is 104 Å². The molecule has 1 aliphatic carbocycles. The second-order valence-corrected chi connectivity index (χ2v) is 19.6. The maximum Gasteiger partial charge on any atom is 0.326 e. The number of rotatable bonds is 15. The van der Waals surface area contributed by atoms with Crippen LogP contribution in [0.3, 0.4) is 0 Å². The molecule has 2 N–H and O–H groups in total. The number of ketones is 1. The van der Waals surface area contributed by atoms with Gasteiger partial charge in [-0.3, -0.25) is 24.2 Å². The summed E-state index contributed by atoms with van der Waals surface area (Å²) in [5.41, 5.74) is 12.0. The van der Waals surface area contributed by atoms with E-state index in [1.807, 2.05) is 6.92 Å². The molecule has 340 valence electrons. The predicted octanol–water partition coefficient (Wildman–Crippen LogP) is 10.8. The van der Waals surface area contributed by atoms with Crippen LogP contribution in [0, 0.1) is 13.8 Å². The topological polar surface area (TPSA) is 157 Å². The van der Waals surface area contributed by atoms with Gasteiger partial charge in [-0.05, 0) is 129 Å². The van der Waals surface area contributed by atoms with E-state index in [9.17, 15) is 19.2 Å². The van der Waals surface area contributed by atoms with E-state index in [4.69, 9.17) is 24.2 Å². The van der Waals surface area contributed by atoms with Crippen molar-refractivity contribution in [3.63, 3.8) is 0 Å². The second-order valence-electron chi connectivity index (χ2n) is 19.6. The number of allylic oxidation sites excluding steroid dienone is 2. The summed E-state index contributed by atoms with van der Waals surface area (Å²) < 4.78 is 17.6. The van der Waals surface area contributed by atoms with Gasteiger partial charge in [0.2, 0.25) is 5.91 Å². The smallest absolute Gasteiger partial charge is 0.326 e. The number of hydrogen-bond donors (Lipinski definition) is 2. The van der Waals surface area contributed by atoms with E-state index >= 15 is 0 Å². The summed E-state index contributed by atoms with van der Waals surface area (Å²) in [6.45, 7) is 25.2. The molecule has 0 saturated heterocycles. The van der Waals surface area contributed by atoms with Crippen molar-refractivity contribution in [2.75, 3.05) is 19.7 Å². The van der Waals surface area contributed by atoms with E-state index in [1.54, 1.807) is 41.5 Å². The summed E-state index contributed by atoms with van der Waals surface area (Å²) in [6.07, 6.45) is 5.65. The summed E-state index contributed by atoms with van der Waals surface area (Å²) in [6, 6.07) is 6.30. The van der Waals surface area contributed by atoms with Crippen LogP contribution >= 0.6 is 0 Å². The number of H-pyrrole nitrogens is 2. The Morgan fingerprint density at radius 2 is 1.48 bits per heavy atom. The molecule has 8 bridgehead atoms. The van der Waals surface area contributed by atoms with Crippen LogP contribution in [0.25, 0.3) is 33.2 Å². The number of aryl methyl sites for hydroxylation is 2. The average molecular weight is 864 g/mol. The maximum atomic E-state index is 14.2. The summed E-state index contributed by atoms with van der Waals surface area (Å²) in [5.74, 6) is -2.00. The van der Waals surface area contributed by atoms with Gasteiger partial charge in [-0.15, -0.1) is 0 Å². The molecule has 3 aromatic heterocycles. The number of unbranched alkanes of at least 4 members (excludes halogenated alkanes) is 3. The number of Topliss-reactive ketones (excluding diaryl/α,β-unsaturated/α-hetero) is 1. The number of ether oxygens (including phenoxy) is 3. The van der Waals surface area contributed by atoms with Crippen LogP contribution in [0.5, 0.6) is 0 Å². The monoisotopic (exact) mass is 864 g/mol. The summed E-state index contributed by atoms with van der Waals surface area (Å²) in [7, 11) is 0. The van der Waals surface area contributed by atoms with Gasteiger partial charge in [0.05, 0.1) is 28.7 Å². The Hall–Kier alpha value is -5.10. The third kappa shape index (κ3) is 10.6. The maximum absolute atomic E-state index is 14.2. The van der Waals surface area contributed by atoms with Crippen molar-refractivity contribution in [2.24, 2.45) is 0 Å². The summed E-state index contributed by atoms with van der Waals surface area (Å²) in [4.78, 5) is 73.4. The average Bonchev–Trinajstić information content (AvgIpc) is 3.94. The zero-order chi connectivity index (χ0) is 46.1. The molecule has 0 saturated carbocycles. The lowest BCUT2D eigenvalue weighted by Crippen LogP contribution is -2.43. The Labute approximate surface area is 373 Å². The minimum atomic E-state index is -0.776. The molecule has 0 aromatic carbocycles. The normalized spacial score (nSPS) is 16.7. The van der Waals surface area contributed by atoms with Crippen molar-refractivity contribution in [1.29, 1.82) is 0 Å². The Morgan fingerprint density at radius 3 is 2.10 bits per heavy atom. The van der Waals surface area contributed by atoms with E-state index in [1.165, 1.54) is 11.3 Å². The number of aromatic amines is 2. The first-order valence-electron chi connectivity index (χ1n) is 22.9. The minimum Gasteiger partial charge on any atom is -0.459 e. The molecule has 3 atom stereocenters. The van der Waals surface area contributed by atoms with Gasteiger partial charge < -0.3 is 29.1 Å². The number of nitrogens with one attached hydrogen (secondary N) is 2. The highest BCUT2D eigenvalue weighted by Crippen LogP contribution is 2.45. The van der Waals surface area contributed by atoms with Gasteiger partial charge >= 0.3 is 11.9 Å². The lowest BCUT2D eigenvalue weighted by atomic mass is 9.85. The predicted molar refractivity (Wildman–Crippen MR) is 248 cm³/mol. The fourth-order valence-electron chi connectivity index (χ4n) is 9.29. The van der Waals surface area contributed by atoms with E-state index in [2.05, 4.69) is 69.7 Å². The van der Waals surface area contributed by atoms with Crippen molar-refractivity contribution in [3.8, 4) is 0 Å². The molecule has 3 aliphatic rings. The van der Waals surface area contributed by atoms with Crippen molar-refractivity contribution in [1.82, 2.24) is 24.8 Å². The Morgan fingerprint density at radius 1 is 0.841 bits per heavy atom. The van der Waals surface area contributed by atoms with Gasteiger partial charge in [0.15, 0.2) is 5.78 Å². The highest BCUT2D eigenvalue weighted by Gasteiger charge is 2.37. The zero-order valence-electron chi connectivity index (χ0n) is 39.9.